The number of esters is 2. The van der Waals surface area contributed by atoms with Crippen molar-refractivity contribution in [3.63, 3.8) is 0 Å². The van der Waals surface area contributed by atoms with E-state index in [0.717, 1.165) is 70.6 Å². The predicted octanol–water partition coefficient (Wildman–Crippen LogP) is 10.5. The molecule has 8 heteroatoms. The molecule has 0 bridgehead atoms. The van der Waals surface area contributed by atoms with Gasteiger partial charge in [-0.3, -0.25) is 9.59 Å². The minimum Gasteiger partial charge on any atom is -0.477 e. The third-order valence-electron chi connectivity index (χ3n) is 8.74. The molecule has 0 amide bonds. The van der Waals surface area contributed by atoms with Gasteiger partial charge in [0.15, 0.2) is 12.1 Å². The van der Waals surface area contributed by atoms with Crippen LogP contribution in [0, 0.1) is 0 Å². The number of quaternary nitrogens is 1. The summed E-state index contributed by atoms with van der Waals surface area (Å²) in [5, 5.41) is 9.59. The maximum Gasteiger partial charge on any atom is 0.362 e. The number of aliphatic carboxylic acids is 1. The van der Waals surface area contributed by atoms with Crippen molar-refractivity contribution in [3.05, 3.63) is 48.6 Å². The first kappa shape index (κ1) is 48.3. The first-order valence-corrected chi connectivity index (χ1v) is 20.2. The fraction of sp³-hybridized carbons (Fsp3) is 0.744. The molecular weight excluding hydrogens is 642 g/mol. The molecule has 0 aromatic carbocycles. The Morgan fingerprint density at radius 3 is 1.63 bits per heavy atom. The van der Waals surface area contributed by atoms with E-state index in [0.29, 0.717) is 19.3 Å². The molecule has 2 atom stereocenters. The van der Waals surface area contributed by atoms with E-state index in [9.17, 15) is 19.5 Å². The average Bonchev–Trinajstić information content (AvgIpc) is 3.08. The molecule has 51 heavy (non-hydrogen) atoms. The van der Waals surface area contributed by atoms with Crippen LogP contribution in [-0.2, 0) is 28.6 Å². The zero-order valence-corrected chi connectivity index (χ0v) is 33.3. The zero-order chi connectivity index (χ0) is 37.8. The number of nitrogens with zero attached hydrogens (tertiary/aromatic N) is 1. The number of carbonyl (C=O) groups is 3. The van der Waals surface area contributed by atoms with Gasteiger partial charge in [-0.05, 0) is 51.4 Å². The molecule has 0 aliphatic heterocycles. The van der Waals surface area contributed by atoms with Crippen molar-refractivity contribution in [1.29, 1.82) is 0 Å². The van der Waals surface area contributed by atoms with Gasteiger partial charge in [0.1, 0.15) is 6.61 Å². The highest BCUT2D eigenvalue weighted by molar-refractivity contribution is 5.72. The Bertz CT molecular complexity index is 979. The van der Waals surface area contributed by atoms with Crippen LogP contribution < -0.4 is 0 Å². The molecule has 1 N–H and O–H groups in total. The monoisotopic (exact) mass is 719 g/mol. The summed E-state index contributed by atoms with van der Waals surface area (Å²) in [7, 11) is 5.51. The highest BCUT2D eigenvalue weighted by Gasteiger charge is 2.31. The number of allylic oxidation sites excluding steroid dienone is 8. The Balaban J connectivity index is 4.44. The van der Waals surface area contributed by atoms with Crippen LogP contribution in [-0.4, -0.2) is 80.6 Å². The minimum atomic E-state index is -0.881. The van der Waals surface area contributed by atoms with Gasteiger partial charge in [-0.15, -0.1) is 0 Å². The van der Waals surface area contributed by atoms with Gasteiger partial charge in [0.25, 0.3) is 0 Å². The summed E-state index contributed by atoms with van der Waals surface area (Å²) in [6.45, 7) is 4.57. The normalized spacial score (nSPS) is 13.5. The standard InChI is InChI=1S/C43H75NO7/c1-6-8-10-12-14-16-18-19-20-21-22-24-25-27-29-31-33-41(45)50-38-39(37-49-36-35-40(43(47)48)44(3,4)5)51-42(46)34-32-30-28-26-23-17-15-13-11-9-7-2/h8,10,14,16,19-20,22,24,39-40H,6-7,9,11-13,15,17-18,21,23,25-38H2,1-5H3/p+1/b10-8+,16-14+,20-19+,24-22+. The van der Waals surface area contributed by atoms with Crippen molar-refractivity contribution in [2.75, 3.05) is 41.0 Å². The van der Waals surface area contributed by atoms with Crippen LogP contribution in [0.15, 0.2) is 48.6 Å². The summed E-state index contributed by atoms with van der Waals surface area (Å²) in [5.74, 6) is -1.51. The smallest absolute Gasteiger partial charge is 0.362 e. The predicted molar refractivity (Wildman–Crippen MR) is 211 cm³/mol. The van der Waals surface area contributed by atoms with Gasteiger partial charge in [-0.25, -0.2) is 4.79 Å². The summed E-state index contributed by atoms with van der Waals surface area (Å²) < 4.78 is 17.2. The van der Waals surface area contributed by atoms with Crippen LogP contribution in [0.1, 0.15) is 155 Å². The maximum absolute atomic E-state index is 12.6. The molecule has 0 spiro atoms. The first-order valence-electron chi connectivity index (χ1n) is 20.2. The molecular formula is C43H76NO7+. The highest BCUT2D eigenvalue weighted by Crippen LogP contribution is 2.14. The van der Waals surface area contributed by atoms with E-state index in [2.05, 4.69) is 62.5 Å². The fourth-order valence-corrected chi connectivity index (χ4v) is 5.61. The molecule has 0 fully saturated rings. The lowest BCUT2D eigenvalue weighted by Gasteiger charge is -2.31. The second-order valence-electron chi connectivity index (χ2n) is 14.5. The third kappa shape index (κ3) is 32.9. The number of carbonyl (C=O) groups excluding carboxylic acids is 2. The van der Waals surface area contributed by atoms with Gasteiger partial charge < -0.3 is 23.8 Å². The summed E-state index contributed by atoms with van der Waals surface area (Å²) >= 11 is 0. The van der Waals surface area contributed by atoms with E-state index >= 15 is 0 Å². The number of carboxylic acids is 1. The van der Waals surface area contributed by atoms with Crippen LogP contribution in [0.2, 0.25) is 0 Å². The molecule has 0 rings (SSSR count). The zero-order valence-electron chi connectivity index (χ0n) is 33.3. The largest absolute Gasteiger partial charge is 0.477 e. The topological polar surface area (TPSA) is 99.1 Å². The molecule has 294 valence electrons. The van der Waals surface area contributed by atoms with Crippen molar-refractivity contribution in [1.82, 2.24) is 0 Å². The molecule has 2 unspecified atom stereocenters. The van der Waals surface area contributed by atoms with Crippen molar-refractivity contribution in [2.24, 2.45) is 0 Å². The SMILES string of the molecule is CC/C=C/C/C=C/C/C=C/C/C=C/CCCCCC(=O)OCC(COCCC(C(=O)O)[N+](C)(C)C)OC(=O)CCCCCCCCCCCCC. The number of hydrogen-bond donors (Lipinski definition) is 1. The van der Waals surface area contributed by atoms with Gasteiger partial charge in [0, 0.05) is 19.3 Å². The Labute approximate surface area is 312 Å². The third-order valence-corrected chi connectivity index (χ3v) is 8.74. The van der Waals surface area contributed by atoms with E-state index in [1.54, 1.807) is 0 Å². The molecule has 0 aromatic heterocycles. The lowest BCUT2D eigenvalue weighted by molar-refractivity contribution is -0.887. The van der Waals surface area contributed by atoms with Crippen LogP contribution in [0.5, 0.6) is 0 Å². The fourth-order valence-electron chi connectivity index (χ4n) is 5.61. The van der Waals surface area contributed by atoms with Crippen LogP contribution in [0.4, 0.5) is 0 Å². The summed E-state index contributed by atoms with van der Waals surface area (Å²) in [6.07, 6.45) is 38.6. The molecule has 8 nitrogen and oxygen atoms in total. The highest BCUT2D eigenvalue weighted by atomic mass is 16.6. The van der Waals surface area contributed by atoms with Crippen molar-refractivity contribution < 1.29 is 38.2 Å². The number of likely N-dealkylation sites (N-methyl/N-ethyl adjacent to an activating group) is 1. The second kappa shape index (κ2) is 34.4. The molecule has 0 radical (unpaired) electrons. The molecule has 0 saturated carbocycles. The summed E-state index contributed by atoms with van der Waals surface area (Å²) in [4.78, 5) is 36.8. The van der Waals surface area contributed by atoms with Gasteiger partial charge in [-0.1, -0.05) is 133 Å². The molecule has 0 aromatic rings. The quantitative estimate of drug-likeness (QED) is 0.0301. The van der Waals surface area contributed by atoms with Gasteiger partial charge in [0.2, 0.25) is 0 Å². The summed E-state index contributed by atoms with van der Waals surface area (Å²) in [5.41, 5.74) is 0. The Morgan fingerprint density at radius 1 is 0.608 bits per heavy atom. The number of unbranched alkanes of at least 4 members (excludes halogenated alkanes) is 13. The van der Waals surface area contributed by atoms with Crippen molar-refractivity contribution in [3.8, 4) is 0 Å². The van der Waals surface area contributed by atoms with Gasteiger partial charge >= 0.3 is 17.9 Å². The molecule has 0 heterocycles. The number of rotatable bonds is 35. The first-order chi connectivity index (χ1) is 24.6. The second-order valence-corrected chi connectivity index (χ2v) is 14.5. The number of hydrogen-bond acceptors (Lipinski definition) is 6. The molecule has 0 saturated heterocycles. The lowest BCUT2D eigenvalue weighted by atomic mass is 10.1. The average molecular weight is 719 g/mol. The number of ether oxygens (including phenoxy) is 3. The minimum absolute atomic E-state index is 0.0512. The lowest BCUT2D eigenvalue weighted by Crippen LogP contribution is -2.50. The van der Waals surface area contributed by atoms with E-state index < -0.39 is 18.1 Å². The van der Waals surface area contributed by atoms with E-state index in [4.69, 9.17) is 14.2 Å². The summed E-state index contributed by atoms with van der Waals surface area (Å²) in [6, 6.07) is -0.618. The number of carboxylic acid groups (broad SMARTS) is 1. The van der Waals surface area contributed by atoms with Crippen molar-refractivity contribution >= 4 is 17.9 Å². The van der Waals surface area contributed by atoms with E-state index in [1.165, 1.54) is 51.4 Å². The Morgan fingerprint density at radius 2 is 1.10 bits per heavy atom. The van der Waals surface area contributed by atoms with Crippen LogP contribution >= 0.6 is 0 Å². The van der Waals surface area contributed by atoms with Gasteiger partial charge in [0.05, 0.1) is 34.4 Å². The molecule has 0 aliphatic rings. The van der Waals surface area contributed by atoms with E-state index in [-0.39, 0.29) is 36.2 Å². The Hall–Kier alpha value is -2.71. The molecule has 0 aliphatic carbocycles. The van der Waals surface area contributed by atoms with Crippen LogP contribution in [0.3, 0.4) is 0 Å². The van der Waals surface area contributed by atoms with Crippen molar-refractivity contribution in [2.45, 2.75) is 167 Å². The Kier molecular flexibility index (Phi) is 32.6. The maximum atomic E-state index is 12.6. The van der Waals surface area contributed by atoms with Crippen LogP contribution in [0.25, 0.3) is 0 Å². The van der Waals surface area contributed by atoms with Gasteiger partial charge in [-0.2, -0.15) is 0 Å². The van der Waals surface area contributed by atoms with E-state index in [1.807, 2.05) is 21.1 Å².